The van der Waals surface area contributed by atoms with E-state index in [1.807, 2.05) is 18.7 Å². The van der Waals surface area contributed by atoms with Crippen LogP contribution < -0.4 is 10.2 Å². The first kappa shape index (κ1) is 13.1. The molecule has 0 unspecified atom stereocenters. The van der Waals surface area contributed by atoms with E-state index in [4.69, 9.17) is 0 Å². The van der Waals surface area contributed by atoms with Crippen LogP contribution in [0.2, 0.25) is 0 Å². The Morgan fingerprint density at radius 3 is 2.61 bits per heavy atom. The molecule has 1 aromatic heterocycles. The Hall–Kier alpha value is -1.39. The summed E-state index contributed by atoms with van der Waals surface area (Å²) in [5.74, 6) is -0.207. The van der Waals surface area contributed by atoms with Crippen LogP contribution in [0.1, 0.15) is 26.7 Å². The standard InChI is InChI=1S/C13H19F2N3/c1-3-16-12-10(14)7-11(15)13(17-12)18(4-2)8-9-5-6-9/h7,9H,3-6,8H2,1-2H3,(H,16,17). The fourth-order valence-corrected chi connectivity index (χ4v) is 1.95. The summed E-state index contributed by atoms with van der Waals surface area (Å²) in [4.78, 5) is 5.96. The molecule has 1 saturated carbocycles. The van der Waals surface area contributed by atoms with Gasteiger partial charge in [0.25, 0.3) is 0 Å². The van der Waals surface area contributed by atoms with Crippen LogP contribution in [-0.4, -0.2) is 24.6 Å². The molecule has 0 bridgehead atoms. The fraction of sp³-hybridized carbons (Fsp3) is 0.615. The van der Waals surface area contributed by atoms with Crippen molar-refractivity contribution in [3.05, 3.63) is 17.7 Å². The quantitative estimate of drug-likeness (QED) is 0.847. The third-order valence-electron chi connectivity index (χ3n) is 3.11. The maximum absolute atomic E-state index is 13.8. The predicted octanol–water partition coefficient (Wildman–Crippen LogP) is 3.03. The second kappa shape index (κ2) is 5.50. The summed E-state index contributed by atoms with van der Waals surface area (Å²) in [6, 6.07) is 0.913. The lowest BCUT2D eigenvalue weighted by Gasteiger charge is -2.23. The van der Waals surface area contributed by atoms with Gasteiger partial charge in [0.2, 0.25) is 0 Å². The summed E-state index contributed by atoms with van der Waals surface area (Å²) < 4.78 is 27.3. The predicted molar refractivity (Wildman–Crippen MR) is 68.9 cm³/mol. The molecule has 1 aliphatic carbocycles. The molecular weight excluding hydrogens is 236 g/mol. The molecular formula is C13H19F2N3. The van der Waals surface area contributed by atoms with Crippen molar-refractivity contribution in [1.82, 2.24) is 4.98 Å². The smallest absolute Gasteiger partial charge is 0.168 e. The second-order valence-corrected chi connectivity index (χ2v) is 4.64. The summed E-state index contributed by atoms with van der Waals surface area (Å²) in [5, 5.41) is 2.81. The first-order valence-corrected chi connectivity index (χ1v) is 6.50. The van der Waals surface area contributed by atoms with Crippen molar-refractivity contribution < 1.29 is 8.78 Å². The van der Waals surface area contributed by atoms with Gasteiger partial charge in [-0.2, -0.15) is 0 Å². The molecule has 1 aromatic rings. The van der Waals surface area contributed by atoms with E-state index in [1.54, 1.807) is 0 Å². The average Bonchev–Trinajstić information content (AvgIpc) is 3.14. The SMILES string of the molecule is CCNc1nc(N(CC)CC2CC2)c(F)cc1F. The third-order valence-corrected chi connectivity index (χ3v) is 3.11. The van der Waals surface area contributed by atoms with Gasteiger partial charge in [0.15, 0.2) is 23.3 Å². The van der Waals surface area contributed by atoms with Crippen molar-refractivity contribution >= 4 is 11.6 Å². The lowest BCUT2D eigenvalue weighted by molar-refractivity contribution is 0.567. The third kappa shape index (κ3) is 2.89. The van der Waals surface area contributed by atoms with E-state index < -0.39 is 11.6 Å². The minimum atomic E-state index is -0.638. The minimum Gasteiger partial charge on any atom is -0.368 e. The van der Waals surface area contributed by atoms with E-state index in [0.717, 1.165) is 12.6 Å². The minimum absolute atomic E-state index is 0.128. The number of nitrogens with zero attached hydrogens (tertiary/aromatic N) is 2. The van der Waals surface area contributed by atoms with Crippen molar-refractivity contribution in [3.8, 4) is 0 Å². The summed E-state index contributed by atoms with van der Waals surface area (Å²) in [6.45, 7) is 5.85. The van der Waals surface area contributed by atoms with E-state index >= 15 is 0 Å². The molecule has 0 atom stereocenters. The highest BCUT2D eigenvalue weighted by Gasteiger charge is 2.26. The van der Waals surface area contributed by atoms with Crippen LogP contribution in [0.5, 0.6) is 0 Å². The van der Waals surface area contributed by atoms with Crippen LogP contribution >= 0.6 is 0 Å². The Balaban J connectivity index is 2.25. The van der Waals surface area contributed by atoms with E-state index in [-0.39, 0.29) is 11.6 Å². The van der Waals surface area contributed by atoms with Crippen LogP contribution in [0, 0.1) is 17.6 Å². The van der Waals surface area contributed by atoms with Crippen LogP contribution in [0.15, 0.2) is 6.07 Å². The molecule has 0 aliphatic heterocycles. The van der Waals surface area contributed by atoms with Gasteiger partial charge in [-0.25, -0.2) is 13.8 Å². The van der Waals surface area contributed by atoms with Gasteiger partial charge in [0.1, 0.15) is 0 Å². The molecule has 1 heterocycles. The number of pyridine rings is 1. The van der Waals surface area contributed by atoms with Gasteiger partial charge in [-0.15, -0.1) is 0 Å². The summed E-state index contributed by atoms with van der Waals surface area (Å²) >= 11 is 0. The Kier molecular flexibility index (Phi) is 3.99. The van der Waals surface area contributed by atoms with Crippen molar-refractivity contribution in [2.75, 3.05) is 29.9 Å². The van der Waals surface area contributed by atoms with Gasteiger partial charge in [0, 0.05) is 25.7 Å². The highest BCUT2D eigenvalue weighted by atomic mass is 19.1. The molecule has 0 spiro atoms. The van der Waals surface area contributed by atoms with E-state index in [2.05, 4.69) is 10.3 Å². The molecule has 0 saturated heterocycles. The fourth-order valence-electron chi connectivity index (χ4n) is 1.95. The topological polar surface area (TPSA) is 28.2 Å². The number of hydrogen-bond donors (Lipinski definition) is 1. The van der Waals surface area contributed by atoms with E-state index in [9.17, 15) is 8.78 Å². The maximum atomic E-state index is 13.8. The molecule has 3 nitrogen and oxygen atoms in total. The zero-order valence-electron chi connectivity index (χ0n) is 10.8. The number of halogens is 2. The van der Waals surface area contributed by atoms with Crippen molar-refractivity contribution in [2.45, 2.75) is 26.7 Å². The summed E-state index contributed by atoms with van der Waals surface area (Å²) in [7, 11) is 0. The van der Waals surface area contributed by atoms with E-state index in [0.29, 0.717) is 19.0 Å². The van der Waals surface area contributed by atoms with Gasteiger partial charge in [0.05, 0.1) is 0 Å². The molecule has 0 radical (unpaired) electrons. The molecule has 0 amide bonds. The molecule has 5 heteroatoms. The number of anilines is 2. The van der Waals surface area contributed by atoms with E-state index in [1.165, 1.54) is 12.8 Å². The van der Waals surface area contributed by atoms with Crippen molar-refractivity contribution in [3.63, 3.8) is 0 Å². The zero-order valence-corrected chi connectivity index (χ0v) is 10.8. The van der Waals surface area contributed by atoms with Gasteiger partial charge < -0.3 is 10.2 Å². The van der Waals surface area contributed by atoms with Crippen LogP contribution in [0.3, 0.4) is 0 Å². The number of hydrogen-bond acceptors (Lipinski definition) is 3. The van der Waals surface area contributed by atoms with Gasteiger partial charge in [-0.3, -0.25) is 0 Å². The summed E-state index contributed by atoms with van der Waals surface area (Å²) in [6.07, 6.45) is 2.39. The number of aromatic nitrogens is 1. The second-order valence-electron chi connectivity index (χ2n) is 4.64. The van der Waals surface area contributed by atoms with Crippen LogP contribution in [0.25, 0.3) is 0 Å². The highest BCUT2D eigenvalue weighted by Crippen LogP contribution is 2.32. The molecule has 0 aromatic carbocycles. The molecule has 1 aliphatic rings. The highest BCUT2D eigenvalue weighted by molar-refractivity contribution is 5.49. The lowest BCUT2D eigenvalue weighted by Crippen LogP contribution is -2.27. The largest absolute Gasteiger partial charge is 0.368 e. The Labute approximate surface area is 106 Å². The summed E-state index contributed by atoms with van der Waals surface area (Å²) in [5.41, 5.74) is 0. The first-order chi connectivity index (χ1) is 8.65. The first-order valence-electron chi connectivity index (χ1n) is 6.50. The molecule has 18 heavy (non-hydrogen) atoms. The van der Waals surface area contributed by atoms with Crippen molar-refractivity contribution in [1.29, 1.82) is 0 Å². The number of nitrogens with one attached hydrogen (secondary N) is 1. The van der Waals surface area contributed by atoms with Crippen LogP contribution in [0.4, 0.5) is 20.4 Å². The zero-order chi connectivity index (χ0) is 13.1. The van der Waals surface area contributed by atoms with Gasteiger partial charge in [-0.05, 0) is 32.6 Å². The molecule has 100 valence electrons. The Morgan fingerprint density at radius 2 is 2.06 bits per heavy atom. The van der Waals surface area contributed by atoms with Crippen molar-refractivity contribution in [2.24, 2.45) is 5.92 Å². The Morgan fingerprint density at radius 1 is 1.33 bits per heavy atom. The molecule has 1 fully saturated rings. The Bertz CT molecular complexity index is 419. The number of rotatable bonds is 6. The van der Waals surface area contributed by atoms with Crippen LogP contribution in [-0.2, 0) is 0 Å². The molecule has 1 N–H and O–H groups in total. The van der Waals surface area contributed by atoms with Gasteiger partial charge in [-0.1, -0.05) is 0 Å². The molecule has 2 rings (SSSR count). The van der Waals surface area contributed by atoms with Gasteiger partial charge >= 0.3 is 0 Å². The lowest BCUT2D eigenvalue weighted by atomic mass is 10.3. The normalized spacial score (nSPS) is 14.7. The average molecular weight is 255 g/mol. The monoisotopic (exact) mass is 255 g/mol. The maximum Gasteiger partial charge on any atom is 0.168 e.